The summed E-state index contributed by atoms with van der Waals surface area (Å²) >= 11 is 1.33. The van der Waals surface area contributed by atoms with Crippen molar-refractivity contribution in [1.82, 2.24) is 19.5 Å². The third-order valence-electron chi connectivity index (χ3n) is 4.69. The number of fused-ring (bicyclic) bond motifs is 1. The standard InChI is InChI=1S/C17H17N5O4S/c1-10-18-17-21(19-10)16(24)15(27-17)14(20-8-6-13(23)7-9-20)11-2-4-12(5-3-11)22(25)26/h2-5,14,24H,6-9H2,1H3. The van der Waals surface area contributed by atoms with Crippen LogP contribution < -0.4 is 0 Å². The number of carbonyl (C=O) groups is 1. The van der Waals surface area contributed by atoms with E-state index in [2.05, 4.69) is 15.0 Å². The molecule has 140 valence electrons. The summed E-state index contributed by atoms with van der Waals surface area (Å²) < 4.78 is 1.41. The van der Waals surface area contributed by atoms with E-state index in [1.807, 2.05) is 0 Å². The van der Waals surface area contributed by atoms with E-state index in [0.29, 0.717) is 41.6 Å². The van der Waals surface area contributed by atoms with Crippen LogP contribution in [-0.4, -0.2) is 48.4 Å². The van der Waals surface area contributed by atoms with Gasteiger partial charge in [-0.15, -0.1) is 5.10 Å². The fraction of sp³-hybridized carbons (Fsp3) is 0.353. The largest absolute Gasteiger partial charge is 0.492 e. The zero-order valence-corrected chi connectivity index (χ0v) is 15.3. The van der Waals surface area contributed by atoms with Crippen molar-refractivity contribution in [3.63, 3.8) is 0 Å². The predicted molar refractivity (Wildman–Crippen MR) is 98.0 cm³/mol. The number of hydrogen-bond acceptors (Lipinski definition) is 8. The number of rotatable bonds is 4. The van der Waals surface area contributed by atoms with Crippen molar-refractivity contribution < 1.29 is 14.8 Å². The SMILES string of the molecule is Cc1nc2sc(C(c3ccc([N+](=O)[O-])cc3)N3CCC(=O)CC3)c(O)n2n1. The number of aromatic hydroxyl groups is 1. The van der Waals surface area contributed by atoms with Gasteiger partial charge in [-0.25, -0.2) is 4.98 Å². The molecule has 1 saturated heterocycles. The monoisotopic (exact) mass is 387 g/mol. The first-order valence-electron chi connectivity index (χ1n) is 8.49. The van der Waals surface area contributed by atoms with E-state index >= 15 is 0 Å². The molecule has 1 atom stereocenters. The lowest BCUT2D eigenvalue weighted by molar-refractivity contribution is -0.384. The van der Waals surface area contributed by atoms with Gasteiger partial charge in [-0.05, 0) is 12.5 Å². The molecule has 3 aromatic rings. The number of ketones is 1. The van der Waals surface area contributed by atoms with Crippen molar-refractivity contribution >= 4 is 27.8 Å². The van der Waals surface area contributed by atoms with E-state index < -0.39 is 4.92 Å². The number of carbonyl (C=O) groups excluding carboxylic acids is 1. The zero-order chi connectivity index (χ0) is 19.1. The first-order valence-corrected chi connectivity index (χ1v) is 9.31. The lowest BCUT2D eigenvalue weighted by Crippen LogP contribution is -2.37. The van der Waals surface area contributed by atoms with Gasteiger partial charge in [0.05, 0.1) is 15.8 Å². The summed E-state index contributed by atoms with van der Waals surface area (Å²) in [5.74, 6) is 0.797. The lowest BCUT2D eigenvalue weighted by Gasteiger charge is -2.33. The molecule has 0 aliphatic carbocycles. The quantitative estimate of drug-likeness (QED) is 0.540. The Morgan fingerprint density at radius 2 is 1.93 bits per heavy atom. The maximum Gasteiger partial charge on any atom is 0.269 e. The van der Waals surface area contributed by atoms with Gasteiger partial charge in [-0.1, -0.05) is 23.5 Å². The predicted octanol–water partition coefficient (Wildman–Crippen LogP) is 2.47. The molecule has 4 rings (SSSR count). The van der Waals surface area contributed by atoms with E-state index in [1.54, 1.807) is 19.1 Å². The van der Waals surface area contributed by atoms with E-state index in [0.717, 1.165) is 5.56 Å². The number of nitrogens with zero attached hydrogens (tertiary/aromatic N) is 5. The summed E-state index contributed by atoms with van der Waals surface area (Å²) in [4.78, 5) is 29.8. The molecule has 1 fully saturated rings. The topological polar surface area (TPSA) is 114 Å². The minimum atomic E-state index is -0.443. The molecule has 1 N–H and O–H groups in total. The Bertz CT molecular complexity index is 1020. The summed E-state index contributed by atoms with van der Waals surface area (Å²) in [6, 6.07) is 5.97. The molecule has 3 heterocycles. The van der Waals surface area contributed by atoms with Crippen LogP contribution in [0.3, 0.4) is 0 Å². The second kappa shape index (κ2) is 6.71. The van der Waals surface area contributed by atoms with Crippen LogP contribution >= 0.6 is 11.3 Å². The molecule has 2 aromatic heterocycles. The van der Waals surface area contributed by atoms with Crippen LogP contribution in [0.15, 0.2) is 24.3 Å². The fourth-order valence-corrected chi connectivity index (χ4v) is 4.53. The smallest absolute Gasteiger partial charge is 0.269 e. The van der Waals surface area contributed by atoms with Crippen LogP contribution in [0.5, 0.6) is 5.88 Å². The molecule has 0 saturated carbocycles. The van der Waals surface area contributed by atoms with Crippen molar-refractivity contribution in [1.29, 1.82) is 0 Å². The number of benzene rings is 1. The van der Waals surface area contributed by atoms with Crippen LogP contribution in [0.25, 0.3) is 4.96 Å². The number of thiazole rings is 1. The minimum absolute atomic E-state index is 0.00816. The fourth-order valence-electron chi connectivity index (χ4n) is 3.36. The highest BCUT2D eigenvalue weighted by Crippen LogP contribution is 2.40. The minimum Gasteiger partial charge on any atom is -0.492 e. The van der Waals surface area contributed by atoms with Gasteiger partial charge in [0.15, 0.2) is 0 Å². The maximum absolute atomic E-state index is 11.7. The lowest BCUT2D eigenvalue weighted by atomic mass is 9.99. The number of nitro groups is 1. The second-order valence-electron chi connectivity index (χ2n) is 6.47. The first-order chi connectivity index (χ1) is 12.9. The average molecular weight is 387 g/mol. The highest BCUT2D eigenvalue weighted by Gasteiger charge is 2.31. The molecule has 27 heavy (non-hydrogen) atoms. The van der Waals surface area contributed by atoms with Gasteiger partial charge < -0.3 is 5.11 Å². The second-order valence-corrected chi connectivity index (χ2v) is 7.48. The Morgan fingerprint density at radius 1 is 1.26 bits per heavy atom. The number of aryl methyl sites for hydroxylation is 1. The molecule has 1 aliphatic heterocycles. The highest BCUT2D eigenvalue weighted by atomic mass is 32.1. The van der Waals surface area contributed by atoms with Crippen LogP contribution in [-0.2, 0) is 4.79 Å². The Morgan fingerprint density at radius 3 is 2.52 bits per heavy atom. The van der Waals surface area contributed by atoms with Crippen molar-refractivity contribution in [2.45, 2.75) is 25.8 Å². The molecular weight excluding hydrogens is 370 g/mol. The number of nitro benzene ring substituents is 1. The van der Waals surface area contributed by atoms with Crippen molar-refractivity contribution in [2.24, 2.45) is 0 Å². The Kier molecular flexibility index (Phi) is 4.36. The molecule has 0 bridgehead atoms. The molecule has 0 amide bonds. The number of Topliss-reactive ketones (excluding diaryl/α,β-unsaturated/α-hetero) is 1. The van der Waals surface area contributed by atoms with Gasteiger partial charge >= 0.3 is 0 Å². The Balaban J connectivity index is 1.79. The molecule has 1 unspecified atom stereocenters. The Labute approximate surface area is 158 Å². The van der Waals surface area contributed by atoms with Crippen molar-refractivity contribution in [3.05, 3.63) is 50.6 Å². The molecule has 10 heteroatoms. The van der Waals surface area contributed by atoms with Gasteiger partial charge in [-0.3, -0.25) is 19.8 Å². The average Bonchev–Trinajstić information content (AvgIpc) is 3.15. The van der Waals surface area contributed by atoms with Gasteiger partial charge in [0.1, 0.15) is 11.6 Å². The van der Waals surface area contributed by atoms with E-state index in [4.69, 9.17) is 0 Å². The van der Waals surface area contributed by atoms with Crippen molar-refractivity contribution in [3.8, 4) is 5.88 Å². The molecule has 1 aromatic carbocycles. The molecule has 1 aliphatic rings. The third kappa shape index (κ3) is 3.17. The zero-order valence-electron chi connectivity index (χ0n) is 14.5. The van der Waals surface area contributed by atoms with Crippen molar-refractivity contribution in [2.75, 3.05) is 13.1 Å². The summed E-state index contributed by atoms with van der Waals surface area (Å²) in [6.45, 7) is 2.88. The number of aromatic nitrogens is 3. The molecule has 0 radical (unpaired) electrons. The number of non-ortho nitro benzene ring substituents is 1. The molecular formula is C17H17N5O4S. The summed E-state index contributed by atoms with van der Waals surface area (Å²) in [5, 5.41) is 25.9. The van der Waals surface area contributed by atoms with E-state index in [-0.39, 0.29) is 23.4 Å². The summed E-state index contributed by atoms with van der Waals surface area (Å²) in [5.41, 5.74) is 0.820. The van der Waals surface area contributed by atoms with E-state index in [1.165, 1.54) is 28.0 Å². The van der Waals surface area contributed by atoms with Crippen LogP contribution in [0.1, 0.15) is 35.1 Å². The summed E-state index contributed by atoms with van der Waals surface area (Å²) in [6.07, 6.45) is 0.897. The highest BCUT2D eigenvalue weighted by molar-refractivity contribution is 7.17. The van der Waals surface area contributed by atoms with E-state index in [9.17, 15) is 20.0 Å². The van der Waals surface area contributed by atoms with Gasteiger partial charge in [0.25, 0.3) is 5.69 Å². The molecule has 0 spiro atoms. The number of hydrogen-bond donors (Lipinski definition) is 1. The maximum atomic E-state index is 11.7. The van der Waals surface area contributed by atoms with Crippen LogP contribution in [0, 0.1) is 17.0 Å². The van der Waals surface area contributed by atoms with Crippen LogP contribution in [0.2, 0.25) is 0 Å². The Hall–Kier alpha value is -2.85. The van der Waals surface area contributed by atoms with Gasteiger partial charge in [-0.2, -0.15) is 4.52 Å². The molecule has 9 nitrogen and oxygen atoms in total. The summed E-state index contributed by atoms with van der Waals surface area (Å²) in [7, 11) is 0. The number of piperidine rings is 1. The number of likely N-dealkylation sites (tertiary alicyclic amines) is 1. The third-order valence-corrected chi connectivity index (χ3v) is 5.77. The van der Waals surface area contributed by atoms with Gasteiger partial charge in [0.2, 0.25) is 10.8 Å². The van der Waals surface area contributed by atoms with Gasteiger partial charge in [0, 0.05) is 38.1 Å². The normalized spacial score (nSPS) is 16.7. The van der Waals surface area contributed by atoms with Crippen LogP contribution in [0.4, 0.5) is 5.69 Å². The first kappa shape index (κ1) is 17.6.